The van der Waals surface area contributed by atoms with Crippen LogP contribution in [-0.4, -0.2) is 13.7 Å². The number of hydrogen-bond donors (Lipinski definition) is 1. The zero-order valence-electron chi connectivity index (χ0n) is 7.97. The van der Waals surface area contributed by atoms with Crippen LogP contribution in [0.4, 0.5) is 8.78 Å². The van der Waals surface area contributed by atoms with Gasteiger partial charge < -0.3 is 10.5 Å². The highest BCUT2D eigenvalue weighted by atomic mass is 19.3. The third kappa shape index (κ3) is 2.20. The molecule has 0 heterocycles. The highest BCUT2D eigenvalue weighted by Gasteiger charge is 2.33. The maximum absolute atomic E-state index is 13.4. The Hall–Kier alpha value is -1.16. The number of rotatable bonds is 4. The summed E-state index contributed by atoms with van der Waals surface area (Å²) in [5, 5.41) is 0. The van der Waals surface area contributed by atoms with Crippen molar-refractivity contribution in [1.29, 1.82) is 0 Å². The summed E-state index contributed by atoms with van der Waals surface area (Å²) in [7, 11) is 1.37. The van der Waals surface area contributed by atoms with Crippen LogP contribution in [0.2, 0.25) is 0 Å². The fraction of sp³-hybridized carbons (Fsp3) is 0.400. The van der Waals surface area contributed by atoms with Gasteiger partial charge in [0.05, 0.1) is 12.7 Å². The normalized spacial score (nSPS) is 11.4. The Morgan fingerprint density at radius 3 is 2.57 bits per heavy atom. The molecular formula is C10H13F2NO. The van der Waals surface area contributed by atoms with E-state index in [1.165, 1.54) is 19.2 Å². The summed E-state index contributed by atoms with van der Waals surface area (Å²) >= 11 is 0. The minimum absolute atomic E-state index is 0.0505. The molecule has 2 nitrogen and oxygen atoms in total. The van der Waals surface area contributed by atoms with Crippen molar-refractivity contribution in [2.75, 3.05) is 13.7 Å². The number of para-hydroxylation sites is 1. The minimum Gasteiger partial charge on any atom is -0.496 e. The van der Waals surface area contributed by atoms with Crippen molar-refractivity contribution < 1.29 is 13.5 Å². The molecule has 0 aliphatic rings. The third-order valence-electron chi connectivity index (χ3n) is 1.96. The number of halogens is 2. The summed E-state index contributed by atoms with van der Waals surface area (Å²) in [6.45, 7) is -0.0505. The number of nitrogens with two attached hydrogens (primary N) is 1. The molecule has 0 aliphatic heterocycles. The van der Waals surface area contributed by atoms with Crippen LogP contribution in [0.1, 0.15) is 12.0 Å². The van der Waals surface area contributed by atoms with E-state index in [2.05, 4.69) is 0 Å². The second kappa shape index (κ2) is 4.37. The van der Waals surface area contributed by atoms with E-state index in [-0.39, 0.29) is 24.3 Å². The molecular weight excluding hydrogens is 188 g/mol. The summed E-state index contributed by atoms with van der Waals surface area (Å²) in [6, 6.07) is 6.08. The smallest absolute Gasteiger partial charge is 0.278 e. The maximum Gasteiger partial charge on any atom is 0.278 e. The summed E-state index contributed by atoms with van der Waals surface area (Å²) in [4.78, 5) is 0. The lowest BCUT2D eigenvalue weighted by atomic mass is 10.0. The highest BCUT2D eigenvalue weighted by Crippen LogP contribution is 2.36. The quantitative estimate of drug-likeness (QED) is 0.809. The average molecular weight is 201 g/mol. The number of alkyl halides is 2. The third-order valence-corrected chi connectivity index (χ3v) is 1.96. The molecule has 0 unspecified atom stereocenters. The summed E-state index contributed by atoms with van der Waals surface area (Å²) in [6.07, 6.45) is -0.368. The highest BCUT2D eigenvalue weighted by molar-refractivity contribution is 5.36. The molecule has 0 saturated carbocycles. The van der Waals surface area contributed by atoms with E-state index in [9.17, 15) is 8.78 Å². The molecule has 1 aromatic rings. The van der Waals surface area contributed by atoms with Gasteiger partial charge >= 0.3 is 0 Å². The van der Waals surface area contributed by atoms with Gasteiger partial charge in [-0.3, -0.25) is 0 Å². The van der Waals surface area contributed by atoms with E-state index in [4.69, 9.17) is 10.5 Å². The number of ether oxygens (including phenoxy) is 1. The van der Waals surface area contributed by atoms with Gasteiger partial charge in [-0.05, 0) is 18.7 Å². The van der Waals surface area contributed by atoms with Crippen LogP contribution in [0.15, 0.2) is 24.3 Å². The molecule has 0 aromatic heterocycles. The first-order valence-electron chi connectivity index (χ1n) is 4.33. The van der Waals surface area contributed by atoms with Crippen LogP contribution in [0.25, 0.3) is 0 Å². The lowest BCUT2D eigenvalue weighted by molar-refractivity contribution is -0.0127. The number of methoxy groups -OCH3 is 1. The largest absolute Gasteiger partial charge is 0.496 e. The van der Waals surface area contributed by atoms with Crippen molar-refractivity contribution in [1.82, 2.24) is 0 Å². The van der Waals surface area contributed by atoms with Crippen molar-refractivity contribution in [3.05, 3.63) is 29.8 Å². The zero-order valence-corrected chi connectivity index (χ0v) is 7.97. The van der Waals surface area contributed by atoms with Gasteiger partial charge in [0.15, 0.2) is 0 Å². The number of hydrogen-bond acceptors (Lipinski definition) is 2. The van der Waals surface area contributed by atoms with Gasteiger partial charge in [0, 0.05) is 6.42 Å². The van der Waals surface area contributed by atoms with Crippen LogP contribution in [0.3, 0.4) is 0 Å². The first-order valence-corrected chi connectivity index (χ1v) is 4.33. The van der Waals surface area contributed by atoms with E-state index in [0.717, 1.165) is 0 Å². The Morgan fingerprint density at radius 2 is 2.00 bits per heavy atom. The van der Waals surface area contributed by atoms with Crippen molar-refractivity contribution >= 4 is 0 Å². The van der Waals surface area contributed by atoms with Crippen LogP contribution in [0.5, 0.6) is 5.75 Å². The number of benzene rings is 1. The van der Waals surface area contributed by atoms with Gasteiger partial charge in [-0.2, -0.15) is 0 Å². The molecule has 0 bridgehead atoms. The summed E-state index contributed by atoms with van der Waals surface area (Å²) in [5.74, 6) is -2.72. The Balaban J connectivity index is 3.04. The molecule has 0 radical (unpaired) electrons. The first-order chi connectivity index (χ1) is 6.61. The molecule has 0 aliphatic carbocycles. The van der Waals surface area contributed by atoms with Gasteiger partial charge in [-0.15, -0.1) is 0 Å². The Kier molecular flexibility index (Phi) is 3.41. The lowest BCUT2D eigenvalue weighted by Crippen LogP contribution is -2.19. The molecule has 0 saturated heterocycles. The maximum atomic E-state index is 13.4. The van der Waals surface area contributed by atoms with E-state index < -0.39 is 5.92 Å². The first kappa shape index (κ1) is 10.9. The molecule has 0 fully saturated rings. The Bertz CT molecular complexity index is 302. The minimum atomic E-state index is -2.92. The van der Waals surface area contributed by atoms with E-state index in [1.54, 1.807) is 12.1 Å². The molecule has 0 atom stereocenters. The van der Waals surface area contributed by atoms with Crippen LogP contribution in [0, 0.1) is 0 Å². The molecule has 0 spiro atoms. The fourth-order valence-electron chi connectivity index (χ4n) is 1.26. The average Bonchev–Trinajstić information content (AvgIpc) is 2.18. The monoisotopic (exact) mass is 201 g/mol. The van der Waals surface area contributed by atoms with Gasteiger partial charge in [-0.1, -0.05) is 12.1 Å². The fourth-order valence-corrected chi connectivity index (χ4v) is 1.26. The topological polar surface area (TPSA) is 35.2 Å². The van der Waals surface area contributed by atoms with Crippen LogP contribution < -0.4 is 10.5 Å². The molecule has 0 amide bonds. The standard InChI is InChI=1S/C10H13F2NO/c1-14-9-5-3-2-4-8(9)10(11,12)6-7-13/h2-5H,6-7,13H2,1H3. The zero-order chi connectivity index (χ0) is 10.6. The van der Waals surface area contributed by atoms with Crippen LogP contribution in [-0.2, 0) is 5.92 Å². The summed E-state index contributed by atoms with van der Waals surface area (Å²) < 4.78 is 31.7. The van der Waals surface area contributed by atoms with Crippen molar-refractivity contribution in [2.24, 2.45) is 5.73 Å². The van der Waals surface area contributed by atoms with E-state index in [0.29, 0.717) is 0 Å². The predicted octanol–water partition coefficient (Wildman–Crippen LogP) is 2.14. The Labute approximate surface area is 81.7 Å². The van der Waals surface area contributed by atoms with Gasteiger partial charge in [-0.25, -0.2) is 8.78 Å². The predicted molar refractivity (Wildman–Crippen MR) is 50.6 cm³/mol. The molecule has 2 N–H and O–H groups in total. The molecule has 1 aromatic carbocycles. The molecule has 78 valence electrons. The second-order valence-electron chi connectivity index (χ2n) is 2.94. The summed E-state index contributed by atoms with van der Waals surface area (Å²) in [5.41, 5.74) is 5.02. The van der Waals surface area contributed by atoms with Gasteiger partial charge in [0.2, 0.25) is 0 Å². The van der Waals surface area contributed by atoms with E-state index in [1.807, 2.05) is 0 Å². The Morgan fingerprint density at radius 1 is 1.36 bits per heavy atom. The van der Waals surface area contributed by atoms with Gasteiger partial charge in [0.1, 0.15) is 5.75 Å². The molecule has 14 heavy (non-hydrogen) atoms. The van der Waals surface area contributed by atoms with Crippen molar-refractivity contribution in [3.63, 3.8) is 0 Å². The molecule has 4 heteroatoms. The second-order valence-corrected chi connectivity index (χ2v) is 2.94. The van der Waals surface area contributed by atoms with Crippen molar-refractivity contribution in [2.45, 2.75) is 12.3 Å². The van der Waals surface area contributed by atoms with Gasteiger partial charge in [0.25, 0.3) is 5.92 Å². The molecule has 1 rings (SSSR count). The van der Waals surface area contributed by atoms with Crippen molar-refractivity contribution in [3.8, 4) is 5.75 Å². The van der Waals surface area contributed by atoms with E-state index >= 15 is 0 Å². The van der Waals surface area contributed by atoms with Crippen LogP contribution >= 0.6 is 0 Å². The SMILES string of the molecule is COc1ccccc1C(F)(F)CCN. The lowest BCUT2D eigenvalue weighted by Gasteiger charge is -2.18.